The molecule has 100 valence electrons. The molecule has 7 heteroatoms. The monoisotopic (exact) mass is 289 g/mol. The lowest BCUT2D eigenvalue weighted by Crippen LogP contribution is -2.10. The first-order valence-corrected chi connectivity index (χ1v) is 6.54. The predicted molar refractivity (Wildman–Crippen MR) is 72.0 cm³/mol. The molecule has 0 fully saturated rings. The van der Waals surface area contributed by atoms with Crippen LogP contribution >= 0.6 is 11.3 Å². The number of anilines is 1. The number of amides is 1. The number of carbonyl (C=O) groups is 1. The molecular formula is C13H8FN3O2S. The maximum atomic E-state index is 13.1. The van der Waals surface area contributed by atoms with Gasteiger partial charge in [0.2, 0.25) is 5.76 Å². The van der Waals surface area contributed by atoms with E-state index in [1.165, 1.54) is 35.7 Å². The molecule has 0 aliphatic rings. The standard InChI is InChI=1S/C13H8FN3O2S/c14-9-3-1-2-8(6-9)10-7-20-13(16-10)17-12(18)11-4-5-15-19-11/h1-7H,(H,16,17,18). The minimum Gasteiger partial charge on any atom is -0.351 e. The van der Waals surface area contributed by atoms with Crippen LogP contribution in [-0.4, -0.2) is 16.0 Å². The third-order valence-electron chi connectivity index (χ3n) is 2.51. The number of nitrogens with one attached hydrogen (secondary N) is 1. The van der Waals surface area contributed by atoms with E-state index >= 15 is 0 Å². The van der Waals surface area contributed by atoms with Gasteiger partial charge in [-0.25, -0.2) is 9.37 Å². The van der Waals surface area contributed by atoms with E-state index in [4.69, 9.17) is 4.52 Å². The Kier molecular flexibility index (Phi) is 3.26. The third-order valence-corrected chi connectivity index (χ3v) is 3.26. The molecule has 2 aromatic heterocycles. The Morgan fingerprint density at radius 3 is 3.00 bits per heavy atom. The number of hydrogen-bond donors (Lipinski definition) is 1. The predicted octanol–water partition coefficient (Wildman–Crippen LogP) is 3.19. The molecule has 0 bridgehead atoms. The van der Waals surface area contributed by atoms with Gasteiger partial charge >= 0.3 is 0 Å². The number of halogens is 1. The Balaban J connectivity index is 1.79. The van der Waals surface area contributed by atoms with Crippen LogP contribution in [0, 0.1) is 5.82 Å². The zero-order chi connectivity index (χ0) is 13.9. The number of thiazole rings is 1. The molecule has 20 heavy (non-hydrogen) atoms. The van der Waals surface area contributed by atoms with Gasteiger partial charge in [-0.3, -0.25) is 10.1 Å². The number of carbonyl (C=O) groups excluding carboxylic acids is 1. The highest BCUT2D eigenvalue weighted by molar-refractivity contribution is 7.14. The summed E-state index contributed by atoms with van der Waals surface area (Å²) in [6, 6.07) is 7.56. The van der Waals surface area contributed by atoms with Crippen molar-refractivity contribution in [1.29, 1.82) is 0 Å². The summed E-state index contributed by atoms with van der Waals surface area (Å²) < 4.78 is 17.9. The van der Waals surface area contributed by atoms with Crippen LogP contribution in [0.3, 0.4) is 0 Å². The van der Waals surface area contributed by atoms with E-state index < -0.39 is 5.91 Å². The molecule has 0 spiro atoms. The van der Waals surface area contributed by atoms with Crippen molar-refractivity contribution in [2.24, 2.45) is 0 Å². The topological polar surface area (TPSA) is 68.0 Å². The van der Waals surface area contributed by atoms with Gasteiger partial charge in [0.05, 0.1) is 11.9 Å². The second kappa shape index (κ2) is 5.22. The molecule has 5 nitrogen and oxygen atoms in total. The van der Waals surface area contributed by atoms with Gasteiger partial charge in [-0.15, -0.1) is 11.3 Å². The molecule has 0 atom stereocenters. The van der Waals surface area contributed by atoms with E-state index in [2.05, 4.69) is 15.5 Å². The van der Waals surface area contributed by atoms with E-state index in [9.17, 15) is 9.18 Å². The van der Waals surface area contributed by atoms with Gasteiger partial charge in [0.15, 0.2) is 5.13 Å². The second-order valence-corrected chi connectivity index (χ2v) is 4.74. The normalized spacial score (nSPS) is 10.4. The molecule has 2 heterocycles. The van der Waals surface area contributed by atoms with Gasteiger partial charge in [0.25, 0.3) is 5.91 Å². The van der Waals surface area contributed by atoms with Crippen LogP contribution in [0.2, 0.25) is 0 Å². The van der Waals surface area contributed by atoms with E-state index in [0.717, 1.165) is 0 Å². The summed E-state index contributed by atoms with van der Waals surface area (Å²) in [7, 11) is 0. The van der Waals surface area contributed by atoms with Crippen molar-refractivity contribution in [2.45, 2.75) is 0 Å². The lowest BCUT2D eigenvalue weighted by Gasteiger charge is -1.97. The zero-order valence-corrected chi connectivity index (χ0v) is 10.9. The summed E-state index contributed by atoms with van der Waals surface area (Å²) in [6.07, 6.45) is 1.38. The minimum atomic E-state index is -0.428. The quantitative estimate of drug-likeness (QED) is 0.804. The van der Waals surface area contributed by atoms with E-state index in [1.54, 1.807) is 17.5 Å². The Labute approximate surface area is 117 Å². The first kappa shape index (κ1) is 12.5. The first-order valence-electron chi connectivity index (χ1n) is 5.66. The number of hydrogen-bond acceptors (Lipinski definition) is 5. The Bertz CT molecular complexity index is 740. The number of benzene rings is 1. The van der Waals surface area contributed by atoms with Gasteiger partial charge < -0.3 is 4.52 Å². The van der Waals surface area contributed by atoms with Crippen LogP contribution in [0.25, 0.3) is 11.3 Å². The second-order valence-electron chi connectivity index (χ2n) is 3.88. The summed E-state index contributed by atoms with van der Waals surface area (Å²) in [6.45, 7) is 0. The molecule has 1 amide bonds. The molecule has 3 aromatic rings. The molecule has 1 N–H and O–H groups in total. The van der Waals surface area contributed by atoms with Crippen LogP contribution in [0.4, 0.5) is 9.52 Å². The van der Waals surface area contributed by atoms with Crippen molar-refractivity contribution in [1.82, 2.24) is 10.1 Å². The molecule has 0 aliphatic heterocycles. The van der Waals surface area contributed by atoms with Crippen LogP contribution < -0.4 is 5.32 Å². The van der Waals surface area contributed by atoms with Crippen molar-refractivity contribution < 1.29 is 13.7 Å². The summed E-state index contributed by atoms with van der Waals surface area (Å²) >= 11 is 1.25. The largest absolute Gasteiger partial charge is 0.351 e. The zero-order valence-electron chi connectivity index (χ0n) is 10.0. The highest BCUT2D eigenvalue weighted by Crippen LogP contribution is 2.25. The Morgan fingerprint density at radius 1 is 1.35 bits per heavy atom. The fourth-order valence-corrected chi connectivity index (χ4v) is 2.32. The number of nitrogens with zero attached hydrogens (tertiary/aromatic N) is 2. The third kappa shape index (κ3) is 2.57. The average Bonchev–Trinajstić information content (AvgIpc) is 3.10. The summed E-state index contributed by atoms with van der Waals surface area (Å²) in [5, 5.41) is 8.19. The first-order chi connectivity index (χ1) is 9.72. The van der Waals surface area contributed by atoms with Crippen molar-refractivity contribution in [3.63, 3.8) is 0 Å². The van der Waals surface area contributed by atoms with Crippen molar-refractivity contribution in [2.75, 3.05) is 5.32 Å². The molecule has 0 radical (unpaired) electrons. The van der Waals surface area contributed by atoms with Gasteiger partial charge in [-0.1, -0.05) is 17.3 Å². The number of rotatable bonds is 3. The van der Waals surface area contributed by atoms with Gasteiger partial charge in [-0.05, 0) is 12.1 Å². The van der Waals surface area contributed by atoms with Gasteiger partial charge in [0, 0.05) is 17.0 Å². The molecule has 0 saturated carbocycles. The smallest absolute Gasteiger partial charge is 0.296 e. The molecule has 0 saturated heterocycles. The van der Waals surface area contributed by atoms with Gasteiger partial charge in [-0.2, -0.15) is 0 Å². The Hall–Kier alpha value is -2.54. The van der Waals surface area contributed by atoms with Crippen molar-refractivity contribution >= 4 is 22.4 Å². The fourth-order valence-electron chi connectivity index (χ4n) is 1.60. The summed E-state index contributed by atoms with van der Waals surface area (Å²) in [4.78, 5) is 16.0. The average molecular weight is 289 g/mol. The lowest BCUT2D eigenvalue weighted by molar-refractivity contribution is 0.0988. The molecule has 1 aromatic carbocycles. The van der Waals surface area contributed by atoms with Crippen LogP contribution in [-0.2, 0) is 0 Å². The van der Waals surface area contributed by atoms with Crippen LogP contribution in [0.5, 0.6) is 0 Å². The minimum absolute atomic E-state index is 0.104. The van der Waals surface area contributed by atoms with Crippen molar-refractivity contribution in [3.8, 4) is 11.3 Å². The van der Waals surface area contributed by atoms with Crippen LogP contribution in [0.15, 0.2) is 46.4 Å². The van der Waals surface area contributed by atoms with Crippen LogP contribution in [0.1, 0.15) is 10.6 Å². The van der Waals surface area contributed by atoms with Crippen molar-refractivity contribution in [3.05, 3.63) is 53.5 Å². The SMILES string of the molecule is O=C(Nc1nc(-c2cccc(F)c2)cs1)c1ccno1. The lowest BCUT2D eigenvalue weighted by atomic mass is 10.2. The Morgan fingerprint density at radius 2 is 2.25 bits per heavy atom. The summed E-state index contributed by atoms with van der Waals surface area (Å²) in [5.41, 5.74) is 1.25. The summed E-state index contributed by atoms with van der Waals surface area (Å²) in [5.74, 6) is -0.655. The van der Waals surface area contributed by atoms with E-state index in [-0.39, 0.29) is 11.6 Å². The number of aromatic nitrogens is 2. The molecule has 0 unspecified atom stereocenters. The fraction of sp³-hybridized carbons (Fsp3) is 0. The van der Waals surface area contributed by atoms with E-state index in [0.29, 0.717) is 16.4 Å². The highest BCUT2D eigenvalue weighted by Gasteiger charge is 2.12. The van der Waals surface area contributed by atoms with E-state index in [1.807, 2.05) is 0 Å². The molecular weight excluding hydrogens is 281 g/mol. The molecule has 0 aliphatic carbocycles. The highest BCUT2D eigenvalue weighted by atomic mass is 32.1. The maximum Gasteiger partial charge on any atom is 0.296 e. The maximum absolute atomic E-state index is 13.1. The molecule has 3 rings (SSSR count). The van der Waals surface area contributed by atoms with Gasteiger partial charge in [0.1, 0.15) is 5.82 Å².